The number of anilines is 1. The quantitative estimate of drug-likeness (QED) is 0.808. The Labute approximate surface area is 124 Å². The zero-order valence-corrected chi connectivity index (χ0v) is 12.4. The summed E-state index contributed by atoms with van der Waals surface area (Å²) in [7, 11) is 0. The van der Waals surface area contributed by atoms with Crippen molar-refractivity contribution in [3.8, 4) is 0 Å². The number of morpholine rings is 1. The molecule has 0 saturated carbocycles. The van der Waals surface area contributed by atoms with Crippen molar-refractivity contribution < 1.29 is 4.74 Å². The smallest absolute Gasteiger partial charge is 0.129 e. The van der Waals surface area contributed by atoms with Crippen LogP contribution < -0.4 is 4.90 Å². The van der Waals surface area contributed by atoms with Crippen LogP contribution in [0.3, 0.4) is 0 Å². The fourth-order valence-corrected chi connectivity index (χ4v) is 2.90. The van der Waals surface area contributed by atoms with Crippen LogP contribution in [0.15, 0.2) is 30.3 Å². The standard InChI is InChI=1S/C16H19ClN2O/c1-2-13-11-19(7-8-20-13)16-9-12(10-17)14-5-3-4-6-15(14)18-16/h3-6,9,13H,2,7-8,10-11H2,1H3. The maximum atomic E-state index is 6.10. The number of benzene rings is 1. The lowest BCUT2D eigenvalue weighted by Crippen LogP contribution is -2.42. The maximum Gasteiger partial charge on any atom is 0.129 e. The first-order chi connectivity index (χ1) is 9.81. The van der Waals surface area contributed by atoms with Gasteiger partial charge in [-0.25, -0.2) is 4.98 Å². The van der Waals surface area contributed by atoms with Gasteiger partial charge in [0.1, 0.15) is 5.82 Å². The number of aromatic nitrogens is 1. The molecule has 1 aromatic heterocycles. The Balaban J connectivity index is 1.99. The summed E-state index contributed by atoms with van der Waals surface area (Å²) in [5.74, 6) is 1.53. The first-order valence-electron chi connectivity index (χ1n) is 7.13. The number of hydrogen-bond donors (Lipinski definition) is 0. The molecule has 1 fully saturated rings. The van der Waals surface area contributed by atoms with E-state index in [2.05, 4.69) is 24.0 Å². The van der Waals surface area contributed by atoms with Crippen molar-refractivity contribution >= 4 is 28.3 Å². The lowest BCUT2D eigenvalue weighted by Gasteiger charge is -2.33. The molecule has 2 aromatic rings. The maximum absolute atomic E-state index is 6.10. The number of ether oxygens (including phenoxy) is 1. The number of nitrogens with zero attached hydrogens (tertiary/aromatic N) is 2. The number of pyridine rings is 1. The number of halogens is 1. The normalized spacial score (nSPS) is 19.5. The molecule has 0 amide bonds. The van der Waals surface area contributed by atoms with Crippen LogP contribution in [-0.4, -0.2) is 30.8 Å². The summed E-state index contributed by atoms with van der Waals surface area (Å²) < 4.78 is 5.73. The Kier molecular flexibility index (Phi) is 4.08. The highest BCUT2D eigenvalue weighted by Crippen LogP contribution is 2.25. The molecule has 0 bridgehead atoms. The second kappa shape index (κ2) is 5.98. The Morgan fingerprint density at radius 2 is 2.25 bits per heavy atom. The Morgan fingerprint density at radius 3 is 3.05 bits per heavy atom. The van der Waals surface area contributed by atoms with Crippen LogP contribution in [0, 0.1) is 0 Å². The van der Waals surface area contributed by atoms with Crippen LogP contribution in [0.1, 0.15) is 18.9 Å². The van der Waals surface area contributed by atoms with Crippen molar-refractivity contribution in [3.63, 3.8) is 0 Å². The van der Waals surface area contributed by atoms with Crippen LogP contribution >= 0.6 is 11.6 Å². The molecule has 20 heavy (non-hydrogen) atoms. The monoisotopic (exact) mass is 290 g/mol. The molecular formula is C16H19ClN2O. The van der Waals surface area contributed by atoms with E-state index in [0.717, 1.165) is 48.4 Å². The van der Waals surface area contributed by atoms with E-state index in [1.807, 2.05) is 18.2 Å². The van der Waals surface area contributed by atoms with E-state index in [4.69, 9.17) is 21.3 Å². The van der Waals surface area contributed by atoms with Crippen LogP contribution in [0.5, 0.6) is 0 Å². The molecule has 0 radical (unpaired) electrons. The third-order valence-electron chi connectivity index (χ3n) is 3.85. The molecule has 4 heteroatoms. The molecule has 1 unspecified atom stereocenters. The van der Waals surface area contributed by atoms with Crippen LogP contribution in [-0.2, 0) is 10.6 Å². The SMILES string of the molecule is CCC1CN(c2cc(CCl)c3ccccc3n2)CCO1. The molecule has 1 aliphatic rings. The third kappa shape index (κ3) is 2.60. The fourth-order valence-electron chi connectivity index (χ4n) is 2.68. The van der Waals surface area contributed by atoms with Crippen molar-refractivity contribution in [2.75, 3.05) is 24.6 Å². The Bertz CT molecular complexity index is 602. The average molecular weight is 291 g/mol. The van der Waals surface area contributed by atoms with E-state index in [0.29, 0.717) is 12.0 Å². The summed E-state index contributed by atoms with van der Waals surface area (Å²) in [4.78, 5) is 7.09. The zero-order valence-electron chi connectivity index (χ0n) is 11.7. The molecule has 3 nitrogen and oxygen atoms in total. The first kappa shape index (κ1) is 13.7. The molecule has 2 heterocycles. The van der Waals surface area contributed by atoms with Crippen molar-refractivity contribution in [1.29, 1.82) is 0 Å². The topological polar surface area (TPSA) is 25.4 Å². The molecule has 0 N–H and O–H groups in total. The summed E-state index contributed by atoms with van der Waals surface area (Å²) in [5.41, 5.74) is 2.16. The highest BCUT2D eigenvalue weighted by Gasteiger charge is 2.20. The minimum absolute atomic E-state index is 0.302. The van der Waals surface area contributed by atoms with Gasteiger partial charge in [0, 0.05) is 24.4 Å². The predicted molar refractivity (Wildman–Crippen MR) is 83.5 cm³/mol. The van der Waals surface area contributed by atoms with Crippen LogP contribution in [0.4, 0.5) is 5.82 Å². The number of alkyl halides is 1. The van der Waals surface area contributed by atoms with E-state index >= 15 is 0 Å². The highest BCUT2D eigenvalue weighted by atomic mass is 35.5. The largest absolute Gasteiger partial charge is 0.375 e. The van der Waals surface area contributed by atoms with Gasteiger partial charge < -0.3 is 9.64 Å². The molecule has 1 aliphatic heterocycles. The summed E-state index contributed by atoms with van der Waals surface area (Å²) in [6, 6.07) is 10.3. The Morgan fingerprint density at radius 1 is 1.40 bits per heavy atom. The van der Waals surface area contributed by atoms with E-state index in [-0.39, 0.29) is 0 Å². The van der Waals surface area contributed by atoms with Gasteiger partial charge in [0.2, 0.25) is 0 Å². The van der Waals surface area contributed by atoms with Gasteiger partial charge >= 0.3 is 0 Å². The summed E-state index contributed by atoms with van der Waals surface area (Å²) in [6.45, 7) is 4.72. The average Bonchev–Trinajstić information content (AvgIpc) is 2.53. The van der Waals surface area contributed by atoms with Gasteiger partial charge in [-0.1, -0.05) is 25.1 Å². The number of hydrogen-bond acceptors (Lipinski definition) is 3. The van der Waals surface area contributed by atoms with Crippen molar-refractivity contribution in [2.24, 2.45) is 0 Å². The Hall–Kier alpha value is -1.32. The summed E-state index contributed by atoms with van der Waals surface area (Å²) in [6.07, 6.45) is 1.34. The molecule has 106 valence electrons. The van der Waals surface area contributed by atoms with E-state index in [9.17, 15) is 0 Å². The van der Waals surface area contributed by atoms with Gasteiger partial charge in [-0.05, 0) is 24.1 Å². The molecule has 0 spiro atoms. The van der Waals surface area contributed by atoms with Crippen molar-refractivity contribution in [2.45, 2.75) is 25.3 Å². The highest BCUT2D eigenvalue weighted by molar-refractivity contribution is 6.18. The van der Waals surface area contributed by atoms with Gasteiger partial charge in [-0.3, -0.25) is 0 Å². The second-order valence-electron chi connectivity index (χ2n) is 5.14. The van der Waals surface area contributed by atoms with E-state index in [1.165, 1.54) is 0 Å². The number of rotatable bonds is 3. The first-order valence-corrected chi connectivity index (χ1v) is 7.66. The van der Waals surface area contributed by atoms with E-state index in [1.54, 1.807) is 0 Å². The van der Waals surface area contributed by atoms with Gasteiger partial charge in [-0.15, -0.1) is 11.6 Å². The zero-order chi connectivity index (χ0) is 13.9. The molecule has 1 atom stereocenters. The van der Waals surface area contributed by atoms with E-state index < -0.39 is 0 Å². The summed E-state index contributed by atoms with van der Waals surface area (Å²) in [5, 5.41) is 1.14. The van der Waals surface area contributed by atoms with Crippen LogP contribution in [0.25, 0.3) is 10.9 Å². The number of fused-ring (bicyclic) bond motifs is 1. The third-order valence-corrected chi connectivity index (χ3v) is 4.14. The van der Waals surface area contributed by atoms with Gasteiger partial charge in [0.05, 0.1) is 18.2 Å². The van der Waals surface area contributed by atoms with Crippen LogP contribution in [0.2, 0.25) is 0 Å². The molecular weight excluding hydrogens is 272 g/mol. The molecule has 1 saturated heterocycles. The molecule has 1 aromatic carbocycles. The number of para-hydroxylation sites is 1. The second-order valence-corrected chi connectivity index (χ2v) is 5.40. The minimum Gasteiger partial charge on any atom is -0.375 e. The van der Waals surface area contributed by atoms with Crippen molar-refractivity contribution in [1.82, 2.24) is 4.98 Å². The van der Waals surface area contributed by atoms with Crippen molar-refractivity contribution in [3.05, 3.63) is 35.9 Å². The van der Waals surface area contributed by atoms with Gasteiger partial charge in [0.25, 0.3) is 0 Å². The van der Waals surface area contributed by atoms with Gasteiger partial charge in [0.15, 0.2) is 0 Å². The molecule has 3 rings (SSSR count). The minimum atomic E-state index is 0.302. The lowest BCUT2D eigenvalue weighted by molar-refractivity contribution is 0.0382. The fraction of sp³-hybridized carbons (Fsp3) is 0.438. The summed E-state index contributed by atoms with van der Waals surface area (Å²) >= 11 is 6.10. The van der Waals surface area contributed by atoms with Gasteiger partial charge in [-0.2, -0.15) is 0 Å². The molecule has 0 aliphatic carbocycles. The predicted octanol–water partition coefficient (Wildman–Crippen LogP) is 3.59. The lowest BCUT2D eigenvalue weighted by atomic mass is 10.1.